The summed E-state index contributed by atoms with van der Waals surface area (Å²) in [6, 6.07) is 6.03. The number of nitrogens with one attached hydrogen (secondary N) is 1. The Morgan fingerprint density at radius 2 is 1.80 bits per heavy atom. The smallest absolute Gasteiger partial charge is 0.246 e. The van der Waals surface area contributed by atoms with E-state index >= 15 is 4.39 Å². The molecule has 0 unspecified atom stereocenters. The van der Waals surface area contributed by atoms with Crippen molar-refractivity contribution in [2.24, 2.45) is 0 Å². The molecule has 2 aliphatic heterocycles. The van der Waals surface area contributed by atoms with Gasteiger partial charge in [0.15, 0.2) is 5.82 Å². The zero-order valence-electron chi connectivity index (χ0n) is 22.8. The van der Waals surface area contributed by atoms with Gasteiger partial charge in [-0.05, 0) is 37.1 Å². The van der Waals surface area contributed by atoms with Crippen molar-refractivity contribution in [1.29, 1.82) is 0 Å². The molecule has 1 amide bonds. The molecule has 0 bridgehead atoms. The van der Waals surface area contributed by atoms with Gasteiger partial charge >= 0.3 is 0 Å². The Morgan fingerprint density at radius 1 is 1.07 bits per heavy atom. The molecule has 0 atom stereocenters. The molecule has 1 aromatic heterocycles. The van der Waals surface area contributed by atoms with Crippen LogP contribution in [0.25, 0.3) is 22.0 Å². The average molecular weight is 583 g/mol. The van der Waals surface area contributed by atoms with Crippen LogP contribution in [0.1, 0.15) is 32.1 Å². The minimum atomic E-state index is -0.836. The van der Waals surface area contributed by atoms with Crippen LogP contribution in [0.4, 0.5) is 20.5 Å². The molecule has 2 aromatic carbocycles. The first kappa shape index (κ1) is 27.7. The maximum atomic E-state index is 16.3. The van der Waals surface area contributed by atoms with Gasteiger partial charge in [0, 0.05) is 56.3 Å². The first-order chi connectivity index (χ1) is 19.8. The van der Waals surface area contributed by atoms with Gasteiger partial charge in [0.25, 0.3) is 0 Å². The molecular weight excluding hydrogens is 550 g/mol. The second kappa shape index (κ2) is 11.4. The van der Waals surface area contributed by atoms with Gasteiger partial charge in [-0.1, -0.05) is 43.5 Å². The van der Waals surface area contributed by atoms with E-state index in [2.05, 4.69) is 21.8 Å². The lowest BCUT2D eigenvalue weighted by molar-refractivity contribution is -0.126. The fourth-order valence-corrected chi connectivity index (χ4v) is 6.56. The highest BCUT2D eigenvalue weighted by Gasteiger charge is 2.34. The standard InChI is InChI=1S/C30H33ClF2N6O2/c1-2-24(41)37-11-13-38(14-12-37)29-20-15-21(31)25(26-22(32)9-6-10-23(26)40)27(33)28(20)35-30(36-29)34-18-16-39(17-18)19-7-4-3-5-8-19/h2,6,9-10,15,18-19,40H,1,3-5,7-8,11-14,16-17H2,(H,34,35,36). The summed E-state index contributed by atoms with van der Waals surface area (Å²) in [7, 11) is 0. The van der Waals surface area contributed by atoms with Crippen LogP contribution in [0, 0.1) is 11.6 Å². The third kappa shape index (κ3) is 5.30. The van der Waals surface area contributed by atoms with Gasteiger partial charge in [-0.2, -0.15) is 4.98 Å². The first-order valence-corrected chi connectivity index (χ1v) is 14.6. The number of likely N-dealkylation sites (tertiary alicyclic amines) is 1. The molecule has 3 aromatic rings. The van der Waals surface area contributed by atoms with Crippen LogP contribution in [0.5, 0.6) is 5.75 Å². The number of piperazine rings is 1. The summed E-state index contributed by atoms with van der Waals surface area (Å²) in [6.07, 6.45) is 7.58. The molecule has 11 heteroatoms. The molecule has 0 spiro atoms. The van der Waals surface area contributed by atoms with Crippen LogP contribution in [-0.2, 0) is 4.79 Å². The van der Waals surface area contributed by atoms with Gasteiger partial charge in [-0.3, -0.25) is 9.69 Å². The normalized spacial score (nSPS) is 18.9. The topological polar surface area (TPSA) is 84.8 Å². The Labute approximate surface area is 242 Å². The van der Waals surface area contributed by atoms with E-state index in [1.54, 1.807) is 4.90 Å². The van der Waals surface area contributed by atoms with Crippen molar-refractivity contribution in [3.63, 3.8) is 0 Å². The zero-order valence-corrected chi connectivity index (χ0v) is 23.5. The lowest BCUT2D eigenvalue weighted by Gasteiger charge is -2.46. The van der Waals surface area contributed by atoms with Crippen LogP contribution in [0.2, 0.25) is 5.02 Å². The molecule has 216 valence electrons. The van der Waals surface area contributed by atoms with Crippen molar-refractivity contribution in [2.75, 3.05) is 49.5 Å². The van der Waals surface area contributed by atoms with Crippen molar-refractivity contribution in [3.05, 3.63) is 53.6 Å². The maximum absolute atomic E-state index is 16.3. The van der Waals surface area contributed by atoms with Crippen LogP contribution >= 0.6 is 11.6 Å². The van der Waals surface area contributed by atoms with E-state index in [-0.39, 0.29) is 39.6 Å². The maximum Gasteiger partial charge on any atom is 0.246 e. The number of fused-ring (bicyclic) bond motifs is 1. The van der Waals surface area contributed by atoms with E-state index in [4.69, 9.17) is 16.6 Å². The van der Waals surface area contributed by atoms with Gasteiger partial charge in [0.05, 0.1) is 16.6 Å². The average Bonchev–Trinajstić information content (AvgIpc) is 2.96. The summed E-state index contributed by atoms with van der Waals surface area (Å²) in [6.45, 7) is 7.14. The van der Waals surface area contributed by atoms with E-state index in [9.17, 15) is 14.3 Å². The lowest BCUT2D eigenvalue weighted by Crippen LogP contribution is -2.59. The molecule has 3 fully saturated rings. The molecule has 8 nitrogen and oxygen atoms in total. The number of benzene rings is 2. The van der Waals surface area contributed by atoms with E-state index in [1.165, 1.54) is 56.4 Å². The van der Waals surface area contributed by atoms with Crippen LogP contribution in [0.3, 0.4) is 0 Å². The van der Waals surface area contributed by atoms with Crippen molar-refractivity contribution in [2.45, 2.75) is 44.2 Å². The number of rotatable bonds is 6. The number of nitrogens with zero attached hydrogens (tertiary/aromatic N) is 5. The highest BCUT2D eigenvalue weighted by Crippen LogP contribution is 2.42. The number of phenols is 1. The molecule has 0 radical (unpaired) electrons. The Bertz CT molecular complexity index is 1460. The number of hydrogen-bond acceptors (Lipinski definition) is 7. The number of aromatic nitrogens is 2. The van der Waals surface area contributed by atoms with Crippen molar-refractivity contribution in [3.8, 4) is 16.9 Å². The van der Waals surface area contributed by atoms with Gasteiger partial charge in [-0.25, -0.2) is 13.8 Å². The summed E-state index contributed by atoms with van der Waals surface area (Å²) < 4.78 is 31.1. The van der Waals surface area contributed by atoms with Crippen molar-refractivity contribution >= 4 is 40.2 Å². The second-order valence-electron chi connectivity index (χ2n) is 11.1. The Hall–Kier alpha value is -3.50. The molecule has 2 saturated heterocycles. The molecule has 1 saturated carbocycles. The number of amides is 1. The van der Waals surface area contributed by atoms with Gasteiger partial charge in [-0.15, -0.1) is 0 Å². The second-order valence-corrected chi connectivity index (χ2v) is 11.5. The summed E-state index contributed by atoms with van der Waals surface area (Å²) >= 11 is 6.55. The molecule has 41 heavy (non-hydrogen) atoms. The summed E-state index contributed by atoms with van der Waals surface area (Å²) in [5.74, 6) is -1.43. The Kier molecular flexibility index (Phi) is 7.70. The molecule has 3 heterocycles. The Morgan fingerprint density at radius 3 is 2.49 bits per heavy atom. The summed E-state index contributed by atoms with van der Waals surface area (Å²) in [5.41, 5.74) is -0.586. The first-order valence-electron chi connectivity index (χ1n) is 14.2. The zero-order chi connectivity index (χ0) is 28.7. The SMILES string of the molecule is C=CC(=O)N1CCN(c2nc(NC3CN(C4CCCCC4)C3)nc3c(F)c(-c4c(O)cccc4F)c(Cl)cc23)CC1. The quantitative estimate of drug-likeness (QED) is 0.387. The number of phenolic OH excluding ortho intramolecular Hbond substituents is 1. The Balaban J connectivity index is 1.37. The van der Waals surface area contributed by atoms with Crippen molar-refractivity contribution < 1.29 is 18.7 Å². The molecular formula is C30H33ClF2N6O2. The van der Waals surface area contributed by atoms with Gasteiger partial charge in [0.1, 0.15) is 22.9 Å². The summed E-state index contributed by atoms with van der Waals surface area (Å²) in [5, 5.41) is 14.1. The van der Waals surface area contributed by atoms with Gasteiger partial charge < -0.3 is 20.2 Å². The fourth-order valence-electron chi connectivity index (χ4n) is 6.27. The van der Waals surface area contributed by atoms with Crippen LogP contribution in [-0.4, -0.2) is 82.1 Å². The van der Waals surface area contributed by atoms with Gasteiger partial charge in [0.2, 0.25) is 11.9 Å². The molecule has 6 rings (SSSR count). The minimum absolute atomic E-state index is 0.0207. The molecule has 3 aliphatic rings. The molecule has 2 N–H and O–H groups in total. The monoisotopic (exact) mass is 582 g/mol. The number of anilines is 2. The number of hydrogen-bond donors (Lipinski definition) is 2. The predicted octanol–water partition coefficient (Wildman–Crippen LogP) is 5.20. The number of aromatic hydroxyl groups is 1. The van der Waals surface area contributed by atoms with Crippen LogP contribution in [0.15, 0.2) is 36.9 Å². The minimum Gasteiger partial charge on any atom is -0.507 e. The third-order valence-corrected chi connectivity index (χ3v) is 8.80. The predicted molar refractivity (Wildman–Crippen MR) is 156 cm³/mol. The van der Waals surface area contributed by atoms with E-state index < -0.39 is 17.4 Å². The van der Waals surface area contributed by atoms with Crippen LogP contribution < -0.4 is 10.2 Å². The van der Waals surface area contributed by atoms with E-state index in [1.807, 2.05) is 4.90 Å². The van der Waals surface area contributed by atoms with Crippen molar-refractivity contribution in [1.82, 2.24) is 19.8 Å². The molecule has 1 aliphatic carbocycles. The van der Waals surface area contributed by atoms with E-state index in [0.717, 1.165) is 19.2 Å². The largest absolute Gasteiger partial charge is 0.507 e. The van der Waals surface area contributed by atoms with E-state index in [0.29, 0.717) is 43.4 Å². The highest BCUT2D eigenvalue weighted by molar-refractivity contribution is 6.34. The number of halogens is 3. The number of carbonyl (C=O) groups is 1. The lowest BCUT2D eigenvalue weighted by atomic mass is 9.91. The third-order valence-electron chi connectivity index (χ3n) is 8.50. The summed E-state index contributed by atoms with van der Waals surface area (Å²) in [4.78, 5) is 27.6. The highest BCUT2D eigenvalue weighted by atomic mass is 35.5. The fraction of sp³-hybridized carbons (Fsp3) is 0.433. The number of carbonyl (C=O) groups excluding carboxylic acids is 1.